The summed E-state index contributed by atoms with van der Waals surface area (Å²) in [5.41, 5.74) is 2.60. The highest BCUT2D eigenvalue weighted by Crippen LogP contribution is 2.33. The van der Waals surface area contributed by atoms with Crippen LogP contribution in [0.5, 0.6) is 17.2 Å². The quantitative estimate of drug-likeness (QED) is 0.696. The molecule has 0 saturated heterocycles. The molecule has 3 aromatic carbocycles. The van der Waals surface area contributed by atoms with Crippen LogP contribution in [-0.2, 0) is 11.2 Å². The first-order valence-electron chi connectivity index (χ1n) is 9.52. The topological polar surface area (TPSA) is 85.9 Å². The Kier molecular flexibility index (Phi) is 4.48. The lowest BCUT2D eigenvalue weighted by atomic mass is 10.1. The van der Waals surface area contributed by atoms with Crippen LogP contribution in [0.1, 0.15) is 15.9 Å². The van der Waals surface area contributed by atoms with E-state index < -0.39 is 6.10 Å². The predicted molar refractivity (Wildman–Crippen MR) is 110 cm³/mol. The van der Waals surface area contributed by atoms with Gasteiger partial charge in [-0.15, -0.1) is 0 Å². The van der Waals surface area contributed by atoms with Gasteiger partial charge in [0.05, 0.1) is 0 Å². The third kappa shape index (κ3) is 3.53. The minimum atomic E-state index is -0.575. The smallest absolute Gasteiger partial charge is 0.265 e. The van der Waals surface area contributed by atoms with Crippen molar-refractivity contribution in [2.45, 2.75) is 12.5 Å². The van der Waals surface area contributed by atoms with E-state index in [0.29, 0.717) is 34.9 Å². The molecule has 7 heteroatoms. The number of para-hydroxylation sites is 1. The van der Waals surface area contributed by atoms with Crippen molar-refractivity contribution in [3.05, 3.63) is 77.9 Å². The fourth-order valence-corrected chi connectivity index (χ4v) is 3.47. The van der Waals surface area contributed by atoms with Crippen molar-refractivity contribution in [2.75, 3.05) is 17.4 Å². The number of nitrogens with one attached hydrogen (secondary N) is 2. The Bertz CT molecular complexity index is 1120. The molecule has 7 nitrogen and oxygen atoms in total. The van der Waals surface area contributed by atoms with Crippen LogP contribution < -0.4 is 24.8 Å². The van der Waals surface area contributed by atoms with Crippen LogP contribution in [0.2, 0.25) is 0 Å². The van der Waals surface area contributed by atoms with E-state index in [9.17, 15) is 9.59 Å². The Morgan fingerprint density at radius 2 is 1.60 bits per heavy atom. The van der Waals surface area contributed by atoms with E-state index in [1.165, 1.54) is 0 Å². The normalized spacial score (nSPS) is 15.8. The fourth-order valence-electron chi connectivity index (χ4n) is 3.47. The minimum absolute atomic E-state index is 0.151. The van der Waals surface area contributed by atoms with Crippen LogP contribution in [0.25, 0.3) is 0 Å². The summed E-state index contributed by atoms with van der Waals surface area (Å²) in [5, 5.41) is 5.68. The van der Waals surface area contributed by atoms with Crippen LogP contribution in [0.4, 0.5) is 11.4 Å². The monoisotopic (exact) mass is 402 g/mol. The van der Waals surface area contributed by atoms with Crippen molar-refractivity contribution in [3.63, 3.8) is 0 Å². The first-order valence-corrected chi connectivity index (χ1v) is 9.52. The van der Waals surface area contributed by atoms with Gasteiger partial charge in [-0.05, 0) is 48.0 Å². The van der Waals surface area contributed by atoms with Gasteiger partial charge >= 0.3 is 0 Å². The molecule has 0 bridgehead atoms. The van der Waals surface area contributed by atoms with Gasteiger partial charge in [0.2, 0.25) is 6.79 Å². The lowest BCUT2D eigenvalue weighted by Crippen LogP contribution is -2.31. The summed E-state index contributed by atoms with van der Waals surface area (Å²) in [6, 6.07) is 19.6. The number of fused-ring (bicyclic) bond motifs is 2. The van der Waals surface area contributed by atoms with Crippen LogP contribution in [0.3, 0.4) is 0 Å². The number of carbonyl (C=O) groups is 2. The molecule has 1 unspecified atom stereocenters. The van der Waals surface area contributed by atoms with E-state index in [4.69, 9.17) is 14.2 Å². The zero-order valence-corrected chi connectivity index (χ0v) is 15.9. The van der Waals surface area contributed by atoms with Gasteiger partial charge in [-0.3, -0.25) is 9.59 Å². The van der Waals surface area contributed by atoms with Gasteiger partial charge in [-0.1, -0.05) is 24.3 Å². The molecular formula is C23H18N2O5. The highest BCUT2D eigenvalue weighted by Gasteiger charge is 2.28. The summed E-state index contributed by atoms with van der Waals surface area (Å²) in [5.74, 6) is 1.38. The van der Waals surface area contributed by atoms with Gasteiger partial charge < -0.3 is 24.8 Å². The Hall–Kier alpha value is -4.00. The van der Waals surface area contributed by atoms with Crippen molar-refractivity contribution in [3.8, 4) is 17.2 Å². The molecule has 0 spiro atoms. The van der Waals surface area contributed by atoms with Crippen LogP contribution >= 0.6 is 0 Å². The first kappa shape index (κ1) is 18.1. The predicted octanol–water partition coefficient (Wildman–Crippen LogP) is 3.61. The number of carbonyl (C=O) groups excluding carboxylic acids is 2. The van der Waals surface area contributed by atoms with E-state index in [1.807, 2.05) is 24.3 Å². The SMILES string of the molecule is O=C(Nc1cccc(NC(=O)C2Cc3ccccc3O2)c1)c1ccc2c(c1)OCO2. The van der Waals surface area contributed by atoms with Gasteiger partial charge in [0.15, 0.2) is 17.6 Å². The summed E-state index contributed by atoms with van der Waals surface area (Å²) < 4.78 is 16.3. The molecule has 2 aliphatic heterocycles. The zero-order valence-electron chi connectivity index (χ0n) is 15.9. The molecule has 0 radical (unpaired) electrons. The molecule has 1 atom stereocenters. The van der Waals surface area contributed by atoms with E-state index in [-0.39, 0.29) is 18.6 Å². The maximum absolute atomic E-state index is 12.6. The second-order valence-corrected chi connectivity index (χ2v) is 7.01. The molecule has 0 aromatic heterocycles. The van der Waals surface area contributed by atoms with E-state index >= 15 is 0 Å². The average molecular weight is 402 g/mol. The number of ether oxygens (including phenoxy) is 3. The summed E-state index contributed by atoms with van der Waals surface area (Å²) in [4.78, 5) is 25.2. The lowest BCUT2D eigenvalue weighted by Gasteiger charge is -2.13. The molecule has 0 fully saturated rings. The van der Waals surface area contributed by atoms with Gasteiger partial charge in [0.25, 0.3) is 11.8 Å². The lowest BCUT2D eigenvalue weighted by molar-refractivity contribution is -0.122. The van der Waals surface area contributed by atoms with Gasteiger partial charge in [-0.25, -0.2) is 0 Å². The number of hydrogen-bond donors (Lipinski definition) is 2. The highest BCUT2D eigenvalue weighted by atomic mass is 16.7. The van der Waals surface area contributed by atoms with Gasteiger partial charge in [0, 0.05) is 23.4 Å². The van der Waals surface area contributed by atoms with Crippen LogP contribution in [-0.4, -0.2) is 24.7 Å². The molecule has 2 N–H and O–H groups in total. The van der Waals surface area contributed by atoms with Crippen molar-refractivity contribution >= 4 is 23.2 Å². The molecule has 2 amide bonds. The number of hydrogen-bond acceptors (Lipinski definition) is 5. The second-order valence-electron chi connectivity index (χ2n) is 7.01. The molecule has 0 aliphatic carbocycles. The molecule has 2 aliphatic rings. The summed E-state index contributed by atoms with van der Waals surface area (Å²) in [6.07, 6.45) is -0.0444. The Morgan fingerprint density at radius 1 is 0.800 bits per heavy atom. The molecule has 5 rings (SSSR count). The van der Waals surface area contributed by atoms with E-state index in [2.05, 4.69) is 10.6 Å². The molecule has 3 aromatic rings. The zero-order chi connectivity index (χ0) is 20.5. The summed E-state index contributed by atoms with van der Waals surface area (Å²) >= 11 is 0. The van der Waals surface area contributed by atoms with Crippen molar-refractivity contribution in [1.29, 1.82) is 0 Å². The van der Waals surface area contributed by atoms with Gasteiger partial charge in [-0.2, -0.15) is 0 Å². The molecule has 30 heavy (non-hydrogen) atoms. The van der Waals surface area contributed by atoms with Crippen molar-refractivity contribution < 1.29 is 23.8 Å². The number of amides is 2. The third-order valence-corrected chi connectivity index (χ3v) is 4.96. The Balaban J connectivity index is 1.24. The Labute approximate surface area is 172 Å². The highest BCUT2D eigenvalue weighted by molar-refractivity contribution is 6.05. The molecular weight excluding hydrogens is 384 g/mol. The molecule has 0 saturated carbocycles. The maximum Gasteiger partial charge on any atom is 0.265 e. The largest absolute Gasteiger partial charge is 0.480 e. The maximum atomic E-state index is 12.6. The Morgan fingerprint density at radius 3 is 2.47 bits per heavy atom. The van der Waals surface area contributed by atoms with E-state index in [1.54, 1.807) is 42.5 Å². The number of anilines is 2. The van der Waals surface area contributed by atoms with Gasteiger partial charge in [0.1, 0.15) is 5.75 Å². The number of rotatable bonds is 4. The van der Waals surface area contributed by atoms with Crippen LogP contribution in [0.15, 0.2) is 66.7 Å². The second kappa shape index (κ2) is 7.44. The first-order chi connectivity index (χ1) is 14.7. The fraction of sp³-hybridized carbons (Fsp3) is 0.130. The van der Waals surface area contributed by atoms with Crippen molar-refractivity contribution in [2.24, 2.45) is 0 Å². The number of benzene rings is 3. The third-order valence-electron chi connectivity index (χ3n) is 4.96. The summed E-state index contributed by atoms with van der Waals surface area (Å²) in [7, 11) is 0. The average Bonchev–Trinajstić information content (AvgIpc) is 3.40. The molecule has 150 valence electrons. The van der Waals surface area contributed by atoms with E-state index in [0.717, 1.165) is 11.3 Å². The standard InChI is InChI=1S/C23H18N2O5/c26-22(15-8-9-19-20(11-15)29-13-28-19)24-16-5-3-6-17(12-16)25-23(27)21-10-14-4-1-2-7-18(14)30-21/h1-9,11-12,21H,10,13H2,(H,24,26)(H,25,27). The van der Waals surface area contributed by atoms with Crippen molar-refractivity contribution in [1.82, 2.24) is 0 Å². The summed E-state index contributed by atoms with van der Waals surface area (Å²) in [6.45, 7) is 0.151. The molecule has 2 heterocycles. The minimum Gasteiger partial charge on any atom is -0.480 e. The van der Waals surface area contributed by atoms with Crippen LogP contribution in [0, 0.1) is 0 Å².